The van der Waals surface area contributed by atoms with Crippen LogP contribution in [0.15, 0.2) is 35.7 Å². The minimum atomic E-state index is -0.326. The minimum Gasteiger partial charge on any atom is -0.491 e. The average molecular weight is 490 g/mol. The highest BCUT2D eigenvalue weighted by Crippen LogP contribution is 2.34. The van der Waals surface area contributed by atoms with E-state index in [1.54, 1.807) is 28.4 Å². The van der Waals surface area contributed by atoms with E-state index in [-0.39, 0.29) is 49.1 Å². The van der Waals surface area contributed by atoms with E-state index in [1.807, 2.05) is 30.2 Å². The zero-order valence-electron chi connectivity index (χ0n) is 19.7. The lowest BCUT2D eigenvalue weighted by molar-refractivity contribution is -0.135. The Bertz CT molecular complexity index is 975. The number of halogens is 1. The second-order valence-electron chi connectivity index (χ2n) is 9.04. The summed E-state index contributed by atoms with van der Waals surface area (Å²) in [5, 5.41) is 4.94. The van der Waals surface area contributed by atoms with Crippen LogP contribution >= 0.6 is 11.3 Å². The number of nitrogens with one attached hydrogen (secondary N) is 1. The molecule has 0 unspecified atom stereocenters. The molecule has 1 aromatic carbocycles. The number of hydrogen-bond donors (Lipinski definition) is 1. The molecular weight excluding hydrogens is 457 g/mol. The maximum Gasteiger partial charge on any atom is 0.318 e. The summed E-state index contributed by atoms with van der Waals surface area (Å²) in [6, 6.07) is 7.34. The highest BCUT2D eigenvalue weighted by Gasteiger charge is 2.34. The van der Waals surface area contributed by atoms with Gasteiger partial charge in [0.2, 0.25) is 5.91 Å². The zero-order chi connectivity index (χ0) is 24.1. The van der Waals surface area contributed by atoms with Crippen LogP contribution in [0.3, 0.4) is 0 Å². The molecule has 2 aliphatic rings. The van der Waals surface area contributed by atoms with Crippen molar-refractivity contribution in [1.29, 1.82) is 0 Å². The molecule has 1 fully saturated rings. The van der Waals surface area contributed by atoms with E-state index in [4.69, 9.17) is 9.47 Å². The van der Waals surface area contributed by atoms with Crippen LogP contribution in [0.1, 0.15) is 43.2 Å². The lowest BCUT2D eigenvalue weighted by Gasteiger charge is -2.37. The standard InChI is InChI=1S/C25H32FN3O4S/c1-17(2)27-25(31)28(14-20-4-3-12-32-20)15-24(30)29-11-9-23-21(10-13-34-23)22(29)16-33-19-7-5-18(26)6-8-19/h5-8,10,13,17,20,22H,3-4,9,11-12,14-16H2,1-2H3,(H,27,31)/t20-,22+/m1/s1. The van der Waals surface area contributed by atoms with Gasteiger partial charge in [-0.15, -0.1) is 11.3 Å². The molecule has 2 aliphatic heterocycles. The Kier molecular flexibility index (Phi) is 8.05. The van der Waals surface area contributed by atoms with Crippen molar-refractivity contribution in [3.63, 3.8) is 0 Å². The van der Waals surface area contributed by atoms with Crippen LogP contribution < -0.4 is 10.1 Å². The number of benzene rings is 1. The first-order valence-electron chi connectivity index (χ1n) is 11.8. The number of rotatable bonds is 8. The van der Waals surface area contributed by atoms with Crippen LogP contribution in [-0.2, 0) is 16.0 Å². The number of amides is 3. The molecule has 0 bridgehead atoms. The molecule has 1 N–H and O–H groups in total. The molecule has 184 valence electrons. The Morgan fingerprint density at radius 2 is 2.09 bits per heavy atom. The zero-order valence-corrected chi connectivity index (χ0v) is 20.5. The van der Waals surface area contributed by atoms with E-state index in [2.05, 4.69) is 5.32 Å². The number of fused-ring (bicyclic) bond motifs is 1. The van der Waals surface area contributed by atoms with Crippen molar-refractivity contribution in [3.8, 4) is 5.75 Å². The SMILES string of the molecule is CC(C)NC(=O)N(CC(=O)N1CCc2sccc2[C@@H]1COc1ccc(F)cc1)C[C@H]1CCCO1. The average Bonchev–Trinajstić information content (AvgIpc) is 3.49. The van der Waals surface area contributed by atoms with E-state index in [9.17, 15) is 14.0 Å². The van der Waals surface area contributed by atoms with Crippen molar-refractivity contribution in [2.24, 2.45) is 0 Å². The normalized spacial score (nSPS) is 19.7. The molecule has 34 heavy (non-hydrogen) atoms. The van der Waals surface area contributed by atoms with Gasteiger partial charge in [0.25, 0.3) is 0 Å². The quantitative estimate of drug-likeness (QED) is 0.609. The molecular formula is C25H32FN3O4S. The summed E-state index contributed by atoms with van der Waals surface area (Å²) in [6.07, 6.45) is 2.58. The first-order chi connectivity index (χ1) is 16.4. The van der Waals surface area contributed by atoms with Gasteiger partial charge in [-0.1, -0.05) is 0 Å². The molecule has 3 heterocycles. The number of carbonyl (C=O) groups is 2. The topological polar surface area (TPSA) is 71.1 Å². The lowest BCUT2D eigenvalue weighted by Crippen LogP contribution is -2.52. The number of thiophene rings is 1. The van der Waals surface area contributed by atoms with Crippen LogP contribution in [0.4, 0.5) is 9.18 Å². The van der Waals surface area contributed by atoms with Gasteiger partial charge < -0.3 is 24.6 Å². The van der Waals surface area contributed by atoms with Gasteiger partial charge in [-0.3, -0.25) is 4.79 Å². The summed E-state index contributed by atoms with van der Waals surface area (Å²) in [6.45, 7) is 5.66. The fourth-order valence-electron chi connectivity index (χ4n) is 4.43. The second kappa shape index (κ2) is 11.2. The number of nitrogens with zero attached hydrogens (tertiary/aromatic N) is 2. The third-order valence-electron chi connectivity index (χ3n) is 6.11. The van der Waals surface area contributed by atoms with Gasteiger partial charge in [-0.25, -0.2) is 9.18 Å². The van der Waals surface area contributed by atoms with Crippen LogP contribution in [0, 0.1) is 5.82 Å². The number of hydrogen-bond acceptors (Lipinski definition) is 5. The van der Waals surface area contributed by atoms with E-state index in [0.29, 0.717) is 25.4 Å². The fraction of sp³-hybridized carbons (Fsp3) is 0.520. The summed E-state index contributed by atoms with van der Waals surface area (Å²) in [7, 11) is 0. The highest BCUT2D eigenvalue weighted by atomic mass is 32.1. The molecule has 0 radical (unpaired) electrons. The molecule has 9 heteroatoms. The molecule has 2 atom stereocenters. The van der Waals surface area contributed by atoms with Gasteiger partial charge >= 0.3 is 6.03 Å². The molecule has 2 aromatic rings. The predicted molar refractivity (Wildman–Crippen MR) is 129 cm³/mol. The van der Waals surface area contributed by atoms with Crippen molar-refractivity contribution < 1.29 is 23.5 Å². The van der Waals surface area contributed by atoms with E-state index in [0.717, 1.165) is 24.8 Å². The number of ether oxygens (including phenoxy) is 2. The summed E-state index contributed by atoms with van der Waals surface area (Å²) in [5.41, 5.74) is 1.07. The van der Waals surface area contributed by atoms with Crippen LogP contribution in [0.2, 0.25) is 0 Å². The lowest BCUT2D eigenvalue weighted by atomic mass is 10.0. The summed E-state index contributed by atoms with van der Waals surface area (Å²) in [5.74, 6) is 0.0990. The number of urea groups is 1. The van der Waals surface area contributed by atoms with Gasteiger partial charge in [0.1, 0.15) is 24.7 Å². The molecule has 4 rings (SSSR count). The van der Waals surface area contributed by atoms with E-state index < -0.39 is 0 Å². The van der Waals surface area contributed by atoms with Crippen molar-refractivity contribution >= 4 is 23.3 Å². The predicted octanol–water partition coefficient (Wildman–Crippen LogP) is 3.99. The van der Waals surface area contributed by atoms with E-state index in [1.165, 1.54) is 17.0 Å². The maximum absolute atomic E-state index is 13.5. The van der Waals surface area contributed by atoms with Crippen molar-refractivity contribution in [1.82, 2.24) is 15.1 Å². The van der Waals surface area contributed by atoms with E-state index >= 15 is 0 Å². The first kappa shape index (κ1) is 24.5. The van der Waals surface area contributed by atoms with Crippen molar-refractivity contribution in [2.75, 3.05) is 32.8 Å². The smallest absolute Gasteiger partial charge is 0.318 e. The fourth-order valence-corrected chi connectivity index (χ4v) is 5.35. The van der Waals surface area contributed by atoms with Crippen LogP contribution in [0.25, 0.3) is 0 Å². The number of carbonyl (C=O) groups excluding carboxylic acids is 2. The third kappa shape index (κ3) is 6.07. The largest absolute Gasteiger partial charge is 0.491 e. The van der Waals surface area contributed by atoms with Crippen molar-refractivity contribution in [2.45, 2.75) is 51.3 Å². The highest BCUT2D eigenvalue weighted by molar-refractivity contribution is 7.10. The van der Waals surface area contributed by atoms with Crippen LogP contribution in [-0.4, -0.2) is 66.7 Å². The Balaban J connectivity index is 1.48. The van der Waals surface area contributed by atoms with Crippen molar-refractivity contribution in [3.05, 3.63) is 52.0 Å². The molecule has 3 amide bonds. The molecule has 1 aromatic heterocycles. The monoisotopic (exact) mass is 489 g/mol. The summed E-state index contributed by atoms with van der Waals surface area (Å²) in [4.78, 5) is 31.0. The van der Waals surface area contributed by atoms with Gasteiger partial charge in [-0.05, 0) is 74.4 Å². The summed E-state index contributed by atoms with van der Waals surface area (Å²) >= 11 is 1.68. The first-order valence-corrected chi connectivity index (χ1v) is 12.7. The Labute approximate surface area is 203 Å². The third-order valence-corrected chi connectivity index (χ3v) is 7.11. The Morgan fingerprint density at radius 1 is 1.29 bits per heavy atom. The van der Waals surface area contributed by atoms with Gasteiger partial charge in [0, 0.05) is 30.6 Å². The molecule has 0 spiro atoms. The van der Waals surface area contributed by atoms with Gasteiger partial charge in [0.05, 0.1) is 12.1 Å². The minimum absolute atomic E-state index is 0.0229. The van der Waals surface area contributed by atoms with Crippen LogP contribution in [0.5, 0.6) is 5.75 Å². The second-order valence-corrected chi connectivity index (χ2v) is 10.0. The maximum atomic E-state index is 13.5. The Hall–Kier alpha value is -2.65. The molecule has 7 nitrogen and oxygen atoms in total. The Morgan fingerprint density at radius 3 is 2.79 bits per heavy atom. The summed E-state index contributed by atoms with van der Waals surface area (Å²) < 4.78 is 24.9. The molecule has 0 saturated carbocycles. The van der Waals surface area contributed by atoms with Gasteiger partial charge in [0.15, 0.2) is 0 Å². The van der Waals surface area contributed by atoms with Gasteiger partial charge in [-0.2, -0.15) is 0 Å². The molecule has 0 aliphatic carbocycles. The molecule has 1 saturated heterocycles.